The van der Waals surface area contributed by atoms with E-state index < -0.39 is 5.69 Å². The third-order valence-electron chi connectivity index (χ3n) is 5.00. The number of fused-ring (bicyclic) bond motifs is 1. The summed E-state index contributed by atoms with van der Waals surface area (Å²) >= 11 is 0. The van der Waals surface area contributed by atoms with Crippen LogP contribution in [-0.2, 0) is 17.9 Å². The number of nitrogens with zero attached hydrogens (tertiary/aromatic N) is 3. The predicted octanol–water partition coefficient (Wildman–Crippen LogP) is 1.97. The summed E-state index contributed by atoms with van der Waals surface area (Å²) in [6.07, 6.45) is 3.82. The van der Waals surface area contributed by atoms with E-state index in [0.29, 0.717) is 23.9 Å². The van der Waals surface area contributed by atoms with Gasteiger partial charge in [-0.15, -0.1) is 0 Å². The summed E-state index contributed by atoms with van der Waals surface area (Å²) in [6, 6.07) is 7.22. The van der Waals surface area contributed by atoms with Crippen molar-refractivity contribution in [3.63, 3.8) is 0 Å². The van der Waals surface area contributed by atoms with Crippen molar-refractivity contribution in [2.24, 2.45) is 0 Å². The van der Waals surface area contributed by atoms with Crippen LogP contribution in [0.4, 0.5) is 0 Å². The molecule has 0 spiro atoms. The quantitative estimate of drug-likeness (QED) is 0.853. The van der Waals surface area contributed by atoms with Crippen LogP contribution in [0.1, 0.15) is 39.5 Å². The molecule has 0 bridgehead atoms. The fourth-order valence-corrected chi connectivity index (χ4v) is 3.64. The van der Waals surface area contributed by atoms with Gasteiger partial charge in [0.2, 0.25) is 5.91 Å². The molecule has 0 unspecified atom stereocenters. The number of hydrogen-bond acceptors (Lipinski definition) is 3. The maximum Gasteiger partial charge on any atom is 0.331 e. The average Bonchev–Trinajstić information content (AvgIpc) is 2.62. The molecule has 0 N–H and O–H groups in total. The van der Waals surface area contributed by atoms with Gasteiger partial charge in [0, 0.05) is 19.1 Å². The first-order chi connectivity index (χ1) is 12.0. The maximum absolute atomic E-state index is 12.8. The number of likely N-dealkylation sites (tertiary alicyclic amines) is 1. The molecule has 3 rings (SSSR count). The first kappa shape index (κ1) is 17.5. The number of piperidine rings is 1. The number of carbonyl (C=O) groups is 1. The van der Waals surface area contributed by atoms with Gasteiger partial charge in [0.05, 0.1) is 10.9 Å². The van der Waals surface area contributed by atoms with E-state index in [4.69, 9.17) is 0 Å². The normalized spacial score (nSPS) is 17.8. The number of benzene rings is 1. The topological polar surface area (TPSA) is 64.3 Å². The Morgan fingerprint density at radius 3 is 2.64 bits per heavy atom. The molecular formula is C19H25N3O3. The van der Waals surface area contributed by atoms with E-state index in [2.05, 4.69) is 6.92 Å². The Kier molecular flexibility index (Phi) is 5.06. The van der Waals surface area contributed by atoms with E-state index in [-0.39, 0.29) is 24.1 Å². The van der Waals surface area contributed by atoms with Crippen molar-refractivity contribution in [3.8, 4) is 0 Å². The lowest BCUT2D eigenvalue weighted by atomic mass is 10.0. The zero-order valence-electron chi connectivity index (χ0n) is 14.9. The minimum absolute atomic E-state index is 0.0202. The highest BCUT2D eigenvalue weighted by Crippen LogP contribution is 2.17. The molecule has 1 aromatic heterocycles. The van der Waals surface area contributed by atoms with Gasteiger partial charge in [-0.3, -0.25) is 18.7 Å². The van der Waals surface area contributed by atoms with Gasteiger partial charge < -0.3 is 4.90 Å². The monoisotopic (exact) mass is 343 g/mol. The highest BCUT2D eigenvalue weighted by Gasteiger charge is 2.24. The zero-order valence-corrected chi connectivity index (χ0v) is 14.9. The highest BCUT2D eigenvalue weighted by atomic mass is 16.2. The molecule has 6 heteroatoms. The Morgan fingerprint density at radius 1 is 1.16 bits per heavy atom. The van der Waals surface area contributed by atoms with Crippen LogP contribution < -0.4 is 11.2 Å². The minimum atomic E-state index is -0.399. The van der Waals surface area contributed by atoms with Crippen molar-refractivity contribution in [1.82, 2.24) is 14.0 Å². The van der Waals surface area contributed by atoms with Gasteiger partial charge in [0.1, 0.15) is 6.54 Å². The Bertz CT molecular complexity index is 897. The summed E-state index contributed by atoms with van der Waals surface area (Å²) in [7, 11) is 0. The first-order valence-electron chi connectivity index (χ1n) is 9.06. The number of carbonyl (C=O) groups excluding carboxylic acids is 1. The molecule has 1 aliphatic rings. The van der Waals surface area contributed by atoms with Gasteiger partial charge in [-0.25, -0.2) is 4.79 Å². The maximum atomic E-state index is 12.8. The van der Waals surface area contributed by atoms with E-state index in [1.54, 1.807) is 24.3 Å². The van der Waals surface area contributed by atoms with Crippen molar-refractivity contribution in [3.05, 3.63) is 45.1 Å². The van der Waals surface area contributed by atoms with Crippen LogP contribution in [-0.4, -0.2) is 32.5 Å². The van der Waals surface area contributed by atoms with Crippen molar-refractivity contribution in [2.45, 2.75) is 58.7 Å². The largest absolute Gasteiger partial charge is 0.338 e. The van der Waals surface area contributed by atoms with Crippen LogP contribution in [0.25, 0.3) is 10.9 Å². The average molecular weight is 343 g/mol. The van der Waals surface area contributed by atoms with Crippen molar-refractivity contribution < 1.29 is 4.79 Å². The second-order valence-corrected chi connectivity index (χ2v) is 6.77. The van der Waals surface area contributed by atoms with E-state index in [9.17, 15) is 14.4 Å². The molecule has 0 radical (unpaired) electrons. The van der Waals surface area contributed by atoms with Crippen LogP contribution in [0.3, 0.4) is 0 Å². The smallest absolute Gasteiger partial charge is 0.331 e. The molecule has 6 nitrogen and oxygen atoms in total. The summed E-state index contributed by atoms with van der Waals surface area (Å²) < 4.78 is 2.70. The molecule has 2 aromatic rings. The van der Waals surface area contributed by atoms with Crippen molar-refractivity contribution in [1.29, 1.82) is 0 Å². The Labute approximate surface area is 146 Å². The van der Waals surface area contributed by atoms with Gasteiger partial charge in [0.15, 0.2) is 0 Å². The molecular weight excluding hydrogens is 318 g/mol. The molecule has 1 amide bonds. The fraction of sp³-hybridized carbons (Fsp3) is 0.526. The summed E-state index contributed by atoms with van der Waals surface area (Å²) in [5.41, 5.74) is -0.149. The SMILES string of the molecule is CCCn1c(=O)c2ccccc2n(CC(=O)N2CCCC[C@@H]2C)c1=O. The molecule has 0 aliphatic carbocycles. The number of rotatable bonds is 4. The number of para-hydroxylation sites is 1. The van der Waals surface area contributed by atoms with Crippen LogP contribution in [0.5, 0.6) is 0 Å². The molecule has 134 valence electrons. The van der Waals surface area contributed by atoms with Gasteiger partial charge in [-0.05, 0) is 44.7 Å². The Balaban J connectivity index is 2.07. The first-order valence-corrected chi connectivity index (χ1v) is 9.06. The van der Waals surface area contributed by atoms with Gasteiger partial charge in [0.25, 0.3) is 5.56 Å². The molecule has 1 aliphatic heterocycles. The number of hydrogen-bond donors (Lipinski definition) is 0. The summed E-state index contributed by atoms with van der Waals surface area (Å²) in [5.74, 6) is -0.0545. The third kappa shape index (κ3) is 3.25. The number of aromatic nitrogens is 2. The molecule has 1 atom stereocenters. The predicted molar refractivity (Wildman–Crippen MR) is 97.8 cm³/mol. The van der Waals surface area contributed by atoms with Crippen LogP contribution in [0, 0.1) is 0 Å². The molecule has 2 heterocycles. The molecule has 1 fully saturated rings. The molecule has 25 heavy (non-hydrogen) atoms. The standard InChI is InChI=1S/C19H25N3O3/c1-3-11-21-18(24)15-9-4-5-10-16(15)22(19(21)25)13-17(23)20-12-7-6-8-14(20)2/h4-5,9-10,14H,3,6-8,11-13H2,1-2H3/t14-/m0/s1. The van der Waals surface area contributed by atoms with Crippen LogP contribution >= 0.6 is 0 Å². The van der Waals surface area contributed by atoms with Gasteiger partial charge in [-0.1, -0.05) is 19.1 Å². The van der Waals surface area contributed by atoms with Crippen LogP contribution in [0.2, 0.25) is 0 Å². The summed E-state index contributed by atoms with van der Waals surface area (Å²) in [6.45, 7) is 5.05. The van der Waals surface area contributed by atoms with Crippen molar-refractivity contribution >= 4 is 16.8 Å². The van der Waals surface area contributed by atoms with E-state index >= 15 is 0 Å². The summed E-state index contributed by atoms with van der Waals surface area (Å²) in [4.78, 5) is 40.1. The van der Waals surface area contributed by atoms with E-state index in [0.717, 1.165) is 25.8 Å². The Morgan fingerprint density at radius 2 is 1.92 bits per heavy atom. The second kappa shape index (κ2) is 7.25. The van der Waals surface area contributed by atoms with E-state index in [1.165, 1.54) is 9.13 Å². The highest BCUT2D eigenvalue weighted by molar-refractivity contribution is 5.81. The zero-order chi connectivity index (χ0) is 18.0. The third-order valence-corrected chi connectivity index (χ3v) is 5.00. The number of amides is 1. The lowest BCUT2D eigenvalue weighted by Crippen LogP contribution is -2.47. The van der Waals surface area contributed by atoms with E-state index in [1.807, 2.05) is 11.8 Å². The summed E-state index contributed by atoms with van der Waals surface area (Å²) in [5, 5.41) is 0.482. The second-order valence-electron chi connectivity index (χ2n) is 6.77. The van der Waals surface area contributed by atoms with Gasteiger partial charge >= 0.3 is 5.69 Å². The Hall–Kier alpha value is -2.37. The lowest BCUT2D eigenvalue weighted by molar-refractivity contribution is -0.135. The fourth-order valence-electron chi connectivity index (χ4n) is 3.64. The molecule has 1 aromatic carbocycles. The lowest BCUT2D eigenvalue weighted by Gasteiger charge is -2.33. The molecule has 0 saturated carbocycles. The molecule has 1 saturated heterocycles. The van der Waals surface area contributed by atoms with Gasteiger partial charge in [-0.2, -0.15) is 0 Å². The van der Waals surface area contributed by atoms with Crippen LogP contribution in [0.15, 0.2) is 33.9 Å². The van der Waals surface area contributed by atoms with Crippen molar-refractivity contribution in [2.75, 3.05) is 6.54 Å². The minimum Gasteiger partial charge on any atom is -0.338 e.